The number of sulfonamides is 3. The van der Waals surface area contributed by atoms with Gasteiger partial charge in [-0.1, -0.05) is 171 Å². The van der Waals surface area contributed by atoms with E-state index in [-0.39, 0.29) is 14.7 Å². The normalized spacial score (nSPS) is 12.1. The zero-order valence-corrected chi connectivity index (χ0v) is 50.2. The van der Waals surface area contributed by atoms with Gasteiger partial charge in [0.1, 0.15) is 23.3 Å². The molecule has 12 rings (SSSR count). The summed E-state index contributed by atoms with van der Waals surface area (Å²) >= 11 is 5.76. The van der Waals surface area contributed by atoms with Gasteiger partial charge in [0.25, 0.3) is 0 Å². The summed E-state index contributed by atoms with van der Waals surface area (Å²) in [4.78, 5) is 23.6. The van der Waals surface area contributed by atoms with Crippen molar-refractivity contribution in [3.8, 4) is 33.4 Å². The summed E-state index contributed by atoms with van der Waals surface area (Å²) in [6.07, 6.45) is 11.1. The molecule has 0 aliphatic rings. The minimum absolute atomic E-state index is 0.0530. The highest BCUT2D eigenvalue weighted by molar-refractivity contribution is 7.89. The highest BCUT2D eigenvalue weighted by atomic mass is 35.5. The summed E-state index contributed by atoms with van der Waals surface area (Å²) in [5.74, 6) is 2.08. The van der Waals surface area contributed by atoms with E-state index in [2.05, 4.69) is 99.2 Å². The minimum Gasteiger partial charge on any atom is -0.338 e. The number of aryl methyl sites for hydroxylation is 1. The topological polar surface area (TPSA) is 267 Å². The van der Waals surface area contributed by atoms with Crippen molar-refractivity contribution in [3.05, 3.63) is 250 Å². The molecule has 3 aromatic heterocycles. The Morgan fingerprint density at radius 2 is 0.793 bits per heavy atom. The van der Waals surface area contributed by atoms with Gasteiger partial charge in [-0.3, -0.25) is 0 Å². The molecule has 3 heterocycles. The Bertz CT molecular complexity index is 4980. The number of benzene rings is 9. The van der Waals surface area contributed by atoms with Crippen LogP contribution in [-0.4, -0.2) is 55.2 Å². The molecule has 9 aromatic carbocycles. The number of hydrogen-bond donors (Lipinski definition) is 6. The molecule has 0 aliphatic heterocycles. The number of aromatic nitrogens is 6. The first-order valence-electron chi connectivity index (χ1n) is 27.0. The molecule has 87 heavy (non-hydrogen) atoms. The van der Waals surface area contributed by atoms with Gasteiger partial charge in [-0.2, -0.15) is 0 Å². The van der Waals surface area contributed by atoms with Gasteiger partial charge >= 0.3 is 0 Å². The molecule has 0 atom stereocenters. The Morgan fingerprint density at radius 1 is 0.437 bits per heavy atom. The molecule has 12 aromatic rings. The fourth-order valence-corrected chi connectivity index (χ4v) is 12.0. The van der Waals surface area contributed by atoms with Crippen molar-refractivity contribution in [1.82, 2.24) is 29.9 Å². The summed E-state index contributed by atoms with van der Waals surface area (Å²) in [5.41, 5.74) is 13.6. The number of nitrogens with one attached hydrogen (secondary N) is 3. The first-order chi connectivity index (χ1) is 41.5. The van der Waals surface area contributed by atoms with E-state index >= 15 is 0 Å². The van der Waals surface area contributed by atoms with E-state index in [1.807, 2.05) is 60.7 Å². The standard InChI is InChI=1S/C24H23N3O2S.C22H19N3O2S.C21H15ClFN3O2S/c1-16(2)18-10-7-17(8-11-18)9-14-24-26-21-13-12-19(15-22(21)27-24)20-5-3-4-6-23(20)30(25,28)29;1-15-6-8-16(9-7-15)10-13-22-24-19-12-11-17(14-20(19)25-22)18-4-2-3-5-21(18)28(23,26)27;22-15-8-5-13(17(23)12-15)7-10-21-25-18-9-6-14(11-19(18)26-21)16-3-1-2-4-20(16)29(24,27)28/h3-16H,1-2H3,(H,26,27)(H2,25,28,29);2-14H,1H3,(H,24,25)(H2,23,26,27);1-12H,(H,25,26)(H2,24,27,28)/b14-9+;13-10+;10-7+. The molecule has 0 fully saturated rings. The first-order valence-corrected chi connectivity index (χ1v) is 32.1. The van der Waals surface area contributed by atoms with Crippen LogP contribution in [0, 0.1) is 12.7 Å². The van der Waals surface area contributed by atoms with E-state index in [0.29, 0.717) is 55.6 Å². The molecule has 9 N–H and O–H groups in total. The summed E-state index contributed by atoms with van der Waals surface area (Å²) in [5, 5.41) is 16.4. The van der Waals surface area contributed by atoms with E-state index in [1.165, 1.54) is 35.4 Å². The fourth-order valence-electron chi connectivity index (χ4n) is 9.51. The van der Waals surface area contributed by atoms with Gasteiger partial charge < -0.3 is 15.0 Å². The molecule has 0 saturated heterocycles. The van der Waals surface area contributed by atoms with E-state index in [9.17, 15) is 29.6 Å². The Balaban J connectivity index is 0.000000145. The number of H-pyrrole nitrogens is 3. The Labute approximate surface area is 508 Å². The zero-order valence-electron chi connectivity index (χ0n) is 47.0. The number of nitrogens with zero attached hydrogens (tertiary/aromatic N) is 3. The third kappa shape index (κ3) is 15.0. The van der Waals surface area contributed by atoms with Crippen molar-refractivity contribution < 1.29 is 29.6 Å². The van der Waals surface area contributed by atoms with Gasteiger partial charge in [-0.25, -0.2) is 60.0 Å². The van der Waals surface area contributed by atoms with Crippen LogP contribution in [0.4, 0.5) is 4.39 Å². The third-order valence-corrected chi connectivity index (χ3v) is 17.1. The molecule has 20 heteroatoms. The zero-order chi connectivity index (χ0) is 61.6. The Morgan fingerprint density at radius 3 is 1.15 bits per heavy atom. The van der Waals surface area contributed by atoms with Crippen LogP contribution in [0.5, 0.6) is 0 Å². The molecule has 0 unspecified atom stereocenters. The number of fused-ring (bicyclic) bond motifs is 3. The number of primary sulfonamides is 3. The minimum atomic E-state index is -3.86. The maximum absolute atomic E-state index is 13.9. The van der Waals surface area contributed by atoms with Crippen LogP contribution in [0.15, 0.2) is 209 Å². The van der Waals surface area contributed by atoms with Gasteiger partial charge in [-0.15, -0.1) is 0 Å². The van der Waals surface area contributed by atoms with E-state index in [1.54, 1.807) is 97.1 Å². The lowest BCUT2D eigenvalue weighted by atomic mass is 10.0. The van der Waals surface area contributed by atoms with Crippen molar-refractivity contribution in [3.63, 3.8) is 0 Å². The van der Waals surface area contributed by atoms with Gasteiger partial charge in [0, 0.05) is 27.3 Å². The van der Waals surface area contributed by atoms with Gasteiger partial charge in [0.15, 0.2) is 0 Å². The number of hydrogen-bond acceptors (Lipinski definition) is 9. The van der Waals surface area contributed by atoms with Crippen LogP contribution in [0.3, 0.4) is 0 Å². The molecular weight excluding hydrogens is 1180 g/mol. The van der Waals surface area contributed by atoms with E-state index < -0.39 is 35.9 Å². The van der Waals surface area contributed by atoms with E-state index in [0.717, 1.165) is 56.0 Å². The van der Waals surface area contributed by atoms with Crippen molar-refractivity contribution >= 4 is 111 Å². The van der Waals surface area contributed by atoms with Crippen LogP contribution < -0.4 is 15.4 Å². The fraction of sp³-hybridized carbons (Fsp3) is 0.0597. The predicted molar refractivity (Wildman–Crippen MR) is 349 cm³/mol. The second-order valence-corrected chi connectivity index (χ2v) is 25.6. The van der Waals surface area contributed by atoms with Gasteiger partial charge in [0.05, 0.1) is 47.8 Å². The highest BCUT2D eigenvalue weighted by Crippen LogP contribution is 2.32. The van der Waals surface area contributed by atoms with Crippen LogP contribution in [-0.2, 0) is 30.1 Å². The number of nitrogens with two attached hydrogens (primary N) is 3. The van der Waals surface area contributed by atoms with Crippen LogP contribution in [0.2, 0.25) is 5.02 Å². The lowest BCUT2D eigenvalue weighted by Crippen LogP contribution is -2.13. The largest absolute Gasteiger partial charge is 0.338 e. The average molecular weight is 1230 g/mol. The maximum Gasteiger partial charge on any atom is 0.238 e. The average Bonchev–Trinajstić information content (AvgIpc) is 4.24. The van der Waals surface area contributed by atoms with E-state index in [4.69, 9.17) is 27.0 Å². The smallest absolute Gasteiger partial charge is 0.238 e. The summed E-state index contributed by atoms with van der Waals surface area (Å²) in [6, 6.07) is 57.6. The molecule has 0 saturated carbocycles. The number of rotatable bonds is 13. The summed E-state index contributed by atoms with van der Waals surface area (Å²) < 4.78 is 85.3. The predicted octanol–water partition coefficient (Wildman–Crippen LogP) is 14.4. The molecule has 0 aliphatic carbocycles. The van der Waals surface area contributed by atoms with Crippen molar-refractivity contribution in [1.29, 1.82) is 0 Å². The molecule has 15 nitrogen and oxygen atoms in total. The van der Waals surface area contributed by atoms with Gasteiger partial charge in [0.2, 0.25) is 30.1 Å². The molecule has 0 amide bonds. The van der Waals surface area contributed by atoms with Crippen molar-refractivity contribution in [2.45, 2.75) is 41.4 Å². The Hall–Kier alpha value is -9.44. The van der Waals surface area contributed by atoms with Crippen LogP contribution >= 0.6 is 11.6 Å². The summed E-state index contributed by atoms with van der Waals surface area (Å²) in [6.45, 7) is 6.40. The number of imidazole rings is 3. The Kier molecular flexibility index (Phi) is 17.9. The SMILES string of the molecule is CC(C)c1ccc(/C=C/c2nc3ccc(-c4ccccc4S(N)(=O)=O)cc3[nH]2)cc1.Cc1ccc(/C=C/c2nc3ccc(-c4ccccc4S(N)(=O)=O)cc3[nH]2)cc1.NS(=O)(=O)c1ccccc1-c1ccc2nc(/C=C/c3ccc(Cl)cc3F)[nH]c2c1. The lowest BCUT2D eigenvalue weighted by Gasteiger charge is -2.07. The monoisotopic (exact) mass is 1230 g/mol. The lowest BCUT2D eigenvalue weighted by molar-refractivity contribution is 0.596. The summed E-state index contributed by atoms with van der Waals surface area (Å²) in [7, 11) is -11.5. The number of aromatic amines is 3. The molecular formula is C67H57ClFN9O6S3. The quantitative estimate of drug-likeness (QED) is 0.0640. The second kappa shape index (κ2) is 25.6. The molecule has 438 valence electrons. The third-order valence-electron chi connectivity index (χ3n) is 13.9. The number of halogens is 2. The van der Waals surface area contributed by atoms with Gasteiger partial charge in [-0.05, 0) is 137 Å². The maximum atomic E-state index is 13.9. The highest BCUT2D eigenvalue weighted by Gasteiger charge is 2.18. The molecule has 0 bridgehead atoms. The molecule has 0 spiro atoms. The van der Waals surface area contributed by atoms with Crippen molar-refractivity contribution in [2.24, 2.45) is 15.4 Å². The van der Waals surface area contributed by atoms with Crippen LogP contribution in [0.25, 0.3) is 103 Å². The van der Waals surface area contributed by atoms with Crippen LogP contribution in [0.1, 0.15) is 65.1 Å². The first kappa shape index (κ1) is 60.7. The molecule has 0 radical (unpaired) electrons. The van der Waals surface area contributed by atoms with Crippen molar-refractivity contribution in [2.75, 3.05) is 0 Å². The second-order valence-electron chi connectivity index (χ2n) is 20.6.